The fourth-order valence-electron chi connectivity index (χ4n) is 2.05. The summed E-state index contributed by atoms with van der Waals surface area (Å²) >= 11 is 0. The third-order valence-electron chi connectivity index (χ3n) is 3.30. The van der Waals surface area contributed by atoms with Crippen LogP contribution < -0.4 is 9.47 Å². The molecule has 0 N–H and O–H groups in total. The van der Waals surface area contributed by atoms with Gasteiger partial charge in [-0.2, -0.15) is 0 Å². The van der Waals surface area contributed by atoms with Crippen LogP contribution in [0.1, 0.15) is 0 Å². The number of ether oxygens (including phenoxy) is 2. The van der Waals surface area contributed by atoms with Crippen molar-refractivity contribution in [2.24, 2.45) is 10.2 Å². The van der Waals surface area contributed by atoms with Gasteiger partial charge in [0.2, 0.25) is 5.88 Å². The molecule has 2 aromatic carbocycles. The number of methoxy groups -OCH3 is 2. The van der Waals surface area contributed by atoms with E-state index in [1.807, 2.05) is 54.6 Å². The summed E-state index contributed by atoms with van der Waals surface area (Å²) in [6, 6.07) is 18.6. The first-order valence-electron chi connectivity index (χ1n) is 7.08. The quantitative estimate of drug-likeness (QED) is 0.595. The molecule has 0 unspecified atom stereocenters. The van der Waals surface area contributed by atoms with Crippen molar-refractivity contribution in [3.8, 4) is 22.8 Å². The van der Waals surface area contributed by atoms with Crippen LogP contribution in [0.2, 0.25) is 0 Å². The number of benzene rings is 2. The predicted molar refractivity (Wildman–Crippen MR) is 87.9 cm³/mol. The third kappa shape index (κ3) is 3.58. The molecule has 0 atom stereocenters. The zero-order valence-electron chi connectivity index (χ0n) is 12.9. The standard InChI is InChI=1S/C18H16N2O3/c1-21-15-7-3-13(4-8-15)17-11-12-18(23-17)20-19-14-5-9-16(22-2)10-6-14/h3-12H,1-2H3. The minimum Gasteiger partial charge on any atom is -0.497 e. The smallest absolute Gasteiger partial charge is 0.238 e. The Balaban J connectivity index is 1.74. The van der Waals surface area contributed by atoms with Gasteiger partial charge < -0.3 is 13.9 Å². The van der Waals surface area contributed by atoms with Crippen molar-refractivity contribution in [1.29, 1.82) is 0 Å². The van der Waals surface area contributed by atoms with Crippen molar-refractivity contribution in [2.45, 2.75) is 0 Å². The Bertz CT molecular complexity index is 790. The van der Waals surface area contributed by atoms with Crippen molar-refractivity contribution < 1.29 is 13.9 Å². The first kappa shape index (κ1) is 14.8. The number of hydrogen-bond acceptors (Lipinski definition) is 5. The topological polar surface area (TPSA) is 56.3 Å². The van der Waals surface area contributed by atoms with E-state index >= 15 is 0 Å². The summed E-state index contributed by atoms with van der Waals surface area (Å²) in [6.07, 6.45) is 0. The molecule has 0 bridgehead atoms. The molecule has 1 aromatic heterocycles. The van der Waals surface area contributed by atoms with Gasteiger partial charge in [-0.15, -0.1) is 10.2 Å². The van der Waals surface area contributed by atoms with Crippen LogP contribution >= 0.6 is 0 Å². The molecular weight excluding hydrogens is 292 g/mol. The van der Waals surface area contributed by atoms with Crippen LogP contribution in [0.3, 0.4) is 0 Å². The highest BCUT2D eigenvalue weighted by atomic mass is 16.5. The lowest BCUT2D eigenvalue weighted by Gasteiger charge is -2.00. The van der Waals surface area contributed by atoms with Gasteiger partial charge in [0, 0.05) is 11.6 Å². The maximum atomic E-state index is 5.68. The predicted octanol–water partition coefficient (Wildman–Crippen LogP) is 5.38. The van der Waals surface area contributed by atoms with E-state index in [-0.39, 0.29) is 0 Å². The lowest BCUT2D eigenvalue weighted by atomic mass is 10.2. The fraction of sp³-hybridized carbons (Fsp3) is 0.111. The highest BCUT2D eigenvalue weighted by Gasteiger charge is 2.04. The van der Waals surface area contributed by atoms with Crippen LogP contribution in [0.25, 0.3) is 11.3 Å². The number of azo groups is 1. The van der Waals surface area contributed by atoms with E-state index in [0.29, 0.717) is 5.88 Å². The molecule has 0 aliphatic carbocycles. The molecule has 116 valence electrons. The number of hydrogen-bond donors (Lipinski definition) is 0. The van der Waals surface area contributed by atoms with Gasteiger partial charge in [0.1, 0.15) is 17.3 Å². The van der Waals surface area contributed by atoms with E-state index < -0.39 is 0 Å². The first-order chi connectivity index (χ1) is 11.3. The summed E-state index contributed by atoms with van der Waals surface area (Å²) in [5.41, 5.74) is 1.69. The third-order valence-corrected chi connectivity index (χ3v) is 3.30. The van der Waals surface area contributed by atoms with Crippen molar-refractivity contribution in [3.05, 3.63) is 60.7 Å². The van der Waals surface area contributed by atoms with Crippen molar-refractivity contribution >= 4 is 11.6 Å². The summed E-state index contributed by atoms with van der Waals surface area (Å²) in [4.78, 5) is 0. The maximum absolute atomic E-state index is 5.68. The first-order valence-corrected chi connectivity index (χ1v) is 7.08. The molecule has 5 heteroatoms. The Hall–Kier alpha value is -3.08. The Morgan fingerprint density at radius 2 is 1.30 bits per heavy atom. The average molecular weight is 308 g/mol. The van der Waals surface area contributed by atoms with E-state index in [1.165, 1.54) is 0 Å². The van der Waals surface area contributed by atoms with Crippen LogP contribution in [0, 0.1) is 0 Å². The van der Waals surface area contributed by atoms with E-state index in [0.717, 1.165) is 28.5 Å². The lowest BCUT2D eigenvalue weighted by molar-refractivity contribution is 0.414. The molecule has 0 saturated carbocycles. The number of rotatable bonds is 5. The molecule has 0 aliphatic heterocycles. The van der Waals surface area contributed by atoms with Crippen LogP contribution in [0.5, 0.6) is 11.5 Å². The monoisotopic (exact) mass is 308 g/mol. The molecular formula is C18H16N2O3. The van der Waals surface area contributed by atoms with Crippen LogP contribution in [0.4, 0.5) is 11.6 Å². The van der Waals surface area contributed by atoms with Gasteiger partial charge in [-0.1, -0.05) is 0 Å². The number of furan rings is 1. The minimum absolute atomic E-state index is 0.451. The Labute approximate surface area is 134 Å². The molecule has 0 fully saturated rings. The van der Waals surface area contributed by atoms with Gasteiger partial charge in [0.15, 0.2) is 0 Å². The van der Waals surface area contributed by atoms with E-state index in [4.69, 9.17) is 13.9 Å². The molecule has 23 heavy (non-hydrogen) atoms. The Morgan fingerprint density at radius 3 is 1.91 bits per heavy atom. The normalized spacial score (nSPS) is 10.9. The summed E-state index contributed by atoms with van der Waals surface area (Å²) in [5, 5.41) is 8.25. The summed E-state index contributed by atoms with van der Waals surface area (Å²) in [6.45, 7) is 0. The largest absolute Gasteiger partial charge is 0.497 e. The molecule has 0 saturated heterocycles. The summed E-state index contributed by atoms with van der Waals surface area (Å²) in [5.74, 6) is 2.77. The lowest BCUT2D eigenvalue weighted by Crippen LogP contribution is -1.81. The molecule has 0 spiro atoms. The van der Waals surface area contributed by atoms with Crippen molar-refractivity contribution in [3.63, 3.8) is 0 Å². The van der Waals surface area contributed by atoms with Gasteiger partial charge in [0.05, 0.1) is 19.9 Å². The van der Waals surface area contributed by atoms with E-state index in [1.54, 1.807) is 20.3 Å². The number of nitrogens with zero attached hydrogens (tertiary/aromatic N) is 2. The average Bonchev–Trinajstić information content (AvgIpc) is 3.09. The second-order valence-electron chi connectivity index (χ2n) is 4.76. The van der Waals surface area contributed by atoms with Gasteiger partial charge >= 0.3 is 0 Å². The van der Waals surface area contributed by atoms with Crippen LogP contribution in [-0.4, -0.2) is 14.2 Å². The van der Waals surface area contributed by atoms with E-state index in [9.17, 15) is 0 Å². The van der Waals surface area contributed by atoms with Gasteiger partial charge in [-0.05, 0) is 54.6 Å². The zero-order chi connectivity index (χ0) is 16.1. The minimum atomic E-state index is 0.451. The molecule has 3 aromatic rings. The molecule has 0 aliphatic rings. The fourth-order valence-corrected chi connectivity index (χ4v) is 2.05. The molecule has 0 amide bonds. The highest BCUT2D eigenvalue weighted by molar-refractivity contribution is 5.60. The maximum Gasteiger partial charge on any atom is 0.238 e. The second kappa shape index (κ2) is 6.79. The Kier molecular flexibility index (Phi) is 4.38. The van der Waals surface area contributed by atoms with E-state index in [2.05, 4.69) is 10.2 Å². The van der Waals surface area contributed by atoms with Crippen molar-refractivity contribution in [2.75, 3.05) is 14.2 Å². The summed E-state index contributed by atoms with van der Waals surface area (Å²) in [7, 11) is 3.26. The molecule has 3 rings (SSSR count). The van der Waals surface area contributed by atoms with Crippen LogP contribution in [0.15, 0.2) is 75.3 Å². The second-order valence-corrected chi connectivity index (χ2v) is 4.76. The molecule has 5 nitrogen and oxygen atoms in total. The van der Waals surface area contributed by atoms with Gasteiger partial charge in [0.25, 0.3) is 0 Å². The summed E-state index contributed by atoms with van der Waals surface area (Å²) < 4.78 is 15.9. The molecule has 1 heterocycles. The SMILES string of the molecule is COc1ccc(N=Nc2ccc(-c3ccc(OC)cc3)o2)cc1. The van der Waals surface area contributed by atoms with Gasteiger partial charge in [-0.25, -0.2) is 0 Å². The van der Waals surface area contributed by atoms with Gasteiger partial charge in [-0.3, -0.25) is 0 Å². The zero-order valence-corrected chi connectivity index (χ0v) is 12.9. The molecule has 0 radical (unpaired) electrons. The van der Waals surface area contributed by atoms with Crippen molar-refractivity contribution in [1.82, 2.24) is 0 Å². The Morgan fingerprint density at radius 1 is 0.696 bits per heavy atom. The van der Waals surface area contributed by atoms with Crippen LogP contribution in [-0.2, 0) is 0 Å². The highest BCUT2D eigenvalue weighted by Crippen LogP contribution is 2.29.